The number of benzene rings is 1. The van der Waals surface area contributed by atoms with Gasteiger partial charge in [0.15, 0.2) is 0 Å². The van der Waals surface area contributed by atoms with Crippen LogP contribution in [0.15, 0.2) is 30.3 Å². The zero-order valence-electron chi connectivity index (χ0n) is 7.53. The zero-order chi connectivity index (χ0) is 10.6. The summed E-state index contributed by atoms with van der Waals surface area (Å²) in [5, 5.41) is 7.16. The van der Waals surface area contributed by atoms with Crippen LogP contribution < -0.4 is 11.5 Å². The first-order valence-corrected chi connectivity index (χ1v) is 4.01. The maximum Gasteiger partial charge on any atom is 0.241 e. The first-order valence-electron chi connectivity index (χ1n) is 4.01. The van der Waals surface area contributed by atoms with Gasteiger partial charge in [0.1, 0.15) is 5.84 Å². The number of nitrogen functional groups attached to an aromatic ring is 1. The Morgan fingerprint density at radius 2 is 1.79 bits per heavy atom. The molecule has 5 N–H and O–H groups in total. The van der Waals surface area contributed by atoms with Gasteiger partial charge in [-0.3, -0.25) is 10.2 Å². The number of hydrogen-bond donors (Lipinski definition) is 3. The molecule has 0 aliphatic heterocycles. The zero-order valence-corrected chi connectivity index (χ0v) is 7.53. The number of carbonyl (C=O) groups is 1. The summed E-state index contributed by atoms with van der Waals surface area (Å²) in [6, 6.07) is 6.94. The van der Waals surface area contributed by atoms with Gasteiger partial charge in [0, 0.05) is 11.6 Å². The molecule has 0 radical (unpaired) electrons. The van der Waals surface area contributed by atoms with E-state index in [-0.39, 0.29) is 5.84 Å². The number of amides is 1. The largest absolute Gasteiger partial charge is 0.384 e. The Balaban J connectivity index is 2.83. The van der Waals surface area contributed by atoms with E-state index in [4.69, 9.17) is 16.9 Å². The second-order valence-electron chi connectivity index (χ2n) is 2.77. The molecule has 72 valence electrons. The fourth-order valence-corrected chi connectivity index (χ4v) is 0.952. The fourth-order valence-electron chi connectivity index (χ4n) is 0.952. The van der Waals surface area contributed by atoms with E-state index in [9.17, 15) is 4.79 Å². The van der Waals surface area contributed by atoms with E-state index < -0.39 is 5.91 Å². The molecule has 1 aromatic rings. The highest BCUT2D eigenvalue weighted by molar-refractivity contribution is 5.95. The van der Waals surface area contributed by atoms with Crippen molar-refractivity contribution >= 4 is 17.8 Å². The molecule has 0 heterocycles. The Kier molecular flexibility index (Phi) is 3.01. The minimum Gasteiger partial charge on any atom is -0.384 e. The topological polar surface area (TPSA) is 93.0 Å². The van der Waals surface area contributed by atoms with Crippen molar-refractivity contribution in [2.24, 2.45) is 11.5 Å². The normalized spacial score (nSPS) is 10.3. The third kappa shape index (κ3) is 2.75. The Bertz CT molecular complexity index is 379. The van der Waals surface area contributed by atoms with Crippen LogP contribution in [0.3, 0.4) is 0 Å². The second-order valence-corrected chi connectivity index (χ2v) is 2.77. The van der Waals surface area contributed by atoms with Gasteiger partial charge < -0.3 is 11.5 Å². The molecule has 4 nitrogen and oxygen atoms in total. The molecule has 0 saturated heterocycles. The van der Waals surface area contributed by atoms with E-state index in [1.807, 2.05) is 0 Å². The standard InChI is InChI=1S/C10H11N3O/c11-9(14)6-3-7-1-4-8(5-2-7)10(12)13/h1-6H,(H2,11,14)(H3,12,13)/b6-3+. The summed E-state index contributed by atoms with van der Waals surface area (Å²) in [4.78, 5) is 10.4. The van der Waals surface area contributed by atoms with Crippen LogP contribution in [0.4, 0.5) is 0 Å². The average Bonchev–Trinajstić information content (AvgIpc) is 2.15. The molecule has 0 fully saturated rings. The SMILES string of the molecule is N=C(N)c1ccc(/C=C/C(N)=O)cc1. The van der Waals surface area contributed by atoms with Gasteiger partial charge in [-0.15, -0.1) is 0 Å². The number of carbonyl (C=O) groups excluding carboxylic acids is 1. The molecule has 0 spiro atoms. The molecule has 4 heteroatoms. The van der Waals surface area contributed by atoms with Crippen molar-refractivity contribution in [3.8, 4) is 0 Å². The molecule has 14 heavy (non-hydrogen) atoms. The highest BCUT2D eigenvalue weighted by atomic mass is 16.1. The molecule has 0 saturated carbocycles. The first-order chi connectivity index (χ1) is 6.59. The minimum absolute atomic E-state index is 0.0235. The van der Waals surface area contributed by atoms with Gasteiger partial charge in [-0.1, -0.05) is 24.3 Å². The summed E-state index contributed by atoms with van der Waals surface area (Å²) in [5.74, 6) is -0.462. The second kappa shape index (κ2) is 4.23. The summed E-state index contributed by atoms with van der Waals surface area (Å²) in [5.41, 5.74) is 11.7. The van der Waals surface area contributed by atoms with Crippen LogP contribution in [-0.4, -0.2) is 11.7 Å². The number of nitrogens with two attached hydrogens (primary N) is 2. The maximum atomic E-state index is 10.4. The predicted octanol–water partition coefficient (Wildman–Crippen LogP) is 0.469. The average molecular weight is 189 g/mol. The third-order valence-corrected chi connectivity index (χ3v) is 1.66. The van der Waals surface area contributed by atoms with Crippen LogP contribution in [0.1, 0.15) is 11.1 Å². The van der Waals surface area contributed by atoms with Crippen molar-refractivity contribution in [1.82, 2.24) is 0 Å². The number of hydrogen-bond acceptors (Lipinski definition) is 2. The van der Waals surface area contributed by atoms with Crippen LogP contribution in [0.25, 0.3) is 6.08 Å². The smallest absolute Gasteiger partial charge is 0.241 e. The lowest BCUT2D eigenvalue weighted by Gasteiger charge is -1.97. The molecule has 0 aromatic heterocycles. The lowest BCUT2D eigenvalue weighted by molar-refractivity contribution is -0.113. The van der Waals surface area contributed by atoms with Crippen LogP contribution in [0, 0.1) is 5.41 Å². The molecule has 0 unspecified atom stereocenters. The molecular weight excluding hydrogens is 178 g/mol. The Labute approximate surface area is 81.7 Å². The predicted molar refractivity (Wildman–Crippen MR) is 55.7 cm³/mol. The summed E-state index contributed by atoms with van der Waals surface area (Å²) < 4.78 is 0. The van der Waals surface area contributed by atoms with Gasteiger partial charge in [-0.05, 0) is 11.6 Å². The summed E-state index contributed by atoms with van der Waals surface area (Å²) in [6.45, 7) is 0. The quantitative estimate of drug-likeness (QED) is 0.366. The van der Waals surface area contributed by atoms with Crippen molar-refractivity contribution < 1.29 is 4.79 Å². The van der Waals surface area contributed by atoms with Crippen molar-refractivity contribution in [2.45, 2.75) is 0 Å². The van der Waals surface area contributed by atoms with Gasteiger partial charge in [-0.2, -0.15) is 0 Å². The molecule has 1 aromatic carbocycles. The minimum atomic E-state index is -0.486. The van der Waals surface area contributed by atoms with Gasteiger partial charge >= 0.3 is 0 Å². The van der Waals surface area contributed by atoms with E-state index in [2.05, 4.69) is 0 Å². The summed E-state index contributed by atoms with van der Waals surface area (Å²) in [6.07, 6.45) is 2.88. The number of rotatable bonds is 3. The van der Waals surface area contributed by atoms with Crippen LogP contribution in [-0.2, 0) is 4.79 Å². The first kappa shape index (κ1) is 9.98. The molecule has 0 atom stereocenters. The van der Waals surface area contributed by atoms with Gasteiger partial charge in [0.2, 0.25) is 5.91 Å². The highest BCUT2D eigenvalue weighted by Crippen LogP contribution is 2.05. The van der Waals surface area contributed by atoms with E-state index in [1.54, 1.807) is 30.3 Å². The van der Waals surface area contributed by atoms with Crippen molar-refractivity contribution in [3.05, 3.63) is 41.5 Å². The molecule has 0 aliphatic carbocycles. The van der Waals surface area contributed by atoms with Gasteiger partial charge in [0.05, 0.1) is 0 Å². The van der Waals surface area contributed by atoms with Crippen molar-refractivity contribution in [3.63, 3.8) is 0 Å². The lowest BCUT2D eigenvalue weighted by Crippen LogP contribution is -2.10. The van der Waals surface area contributed by atoms with E-state index in [1.165, 1.54) is 6.08 Å². The molecule has 1 amide bonds. The van der Waals surface area contributed by atoms with Crippen molar-refractivity contribution in [2.75, 3.05) is 0 Å². The molecule has 1 rings (SSSR count). The highest BCUT2D eigenvalue weighted by Gasteiger charge is 1.94. The van der Waals surface area contributed by atoms with Crippen molar-refractivity contribution in [1.29, 1.82) is 5.41 Å². The maximum absolute atomic E-state index is 10.4. The van der Waals surface area contributed by atoms with Crippen LogP contribution >= 0.6 is 0 Å². The van der Waals surface area contributed by atoms with E-state index in [0.717, 1.165) is 5.56 Å². The monoisotopic (exact) mass is 189 g/mol. The van der Waals surface area contributed by atoms with Gasteiger partial charge in [-0.25, -0.2) is 0 Å². The lowest BCUT2D eigenvalue weighted by atomic mass is 10.1. The molecular formula is C10H11N3O. The fraction of sp³-hybridized carbons (Fsp3) is 0. The Morgan fingerprint density at radius 3 is 2.21 bits per heavy atom. The van der Waals surface area contributed by atoms with Gasteiger partial charge in [0.25, 0.3) is 0 Å². The Morgan fingerprint density at radius 1 is 1.21 bits per heavy atom. The molecule has 0 aliphatic rings. The third-order valence-electron chi connectivity index (χ3n) is 1.66. The van der Waals surface area contributed by atoms with E-state index in [0.29, 0.717) is 5.56 Å². The number of primary amides is 1. The number of nitrogens with one attached hydrogen (secondary N) is 1. The molecule has 0 bridgehead atoms. The summed E-state index contributed by atoms with van der Waals surface area (Å²) in [7, 11) is 0. The summed E-state index contributed by atoms with van der Waals surface area (Å²) >= 11 is 0. The number of amidine groups is 1. The van der Waals surface area contributed by atoms with E-state index >= 15 is 0 Å². The van der Waals surface area contributed by atoms with Crippen LogP contribution in [0.2, 0.25) is 0 Å². The van der Waals surface area contributed by atoms with Crippen LogP contribution in [0.5, 0.6) is 0 Å². The Hall–Kier alpha value is -2.10.